The Labute approximate surface area is 115 Å². The first-order chi connectivity index (χ1) is 7.72. The summed E-state index contributed by atoms with van der Waals surface area (Å²) in [6.07, 6.45) is 3.39. The number of amidine groups is 1. The second-order valence-electron chi connectivity index (χ2n) is 6.47. The third-order valence-electron chi connectivity index (χ3n) is 2.77. The van der Waals surface area contributed by atoms with Gasteiger partial charge in [-0.2, -0.15) is 11.8 Å². The van der Waals surface area contributed by atoms with Gasteiger partial charge in [0.1, 0.15) is 0 Å². The van der Waals surface area contributed by atoms with Gasteiger partial charge in [0.15, 0.2) is 5.17 Å². The van der Waals surface area contributed by atoms with Crippen molar-refractivity contribution in [3.05, 3.63) is 0 Å². The molecule has 0 aromatic carbocycles. The monoisotopic (exact) mass is 274 g/mol. The fourth-order valence-electron chi connectivity index (χ4n) is 1.66. The molecule has 0 aromatic heterocycles. The lowest BCUT2D eigenvalue weighted by Gasteiger charge is -2.24. The molecule has 4 heteroatoms. The zero-order valence-corrected chi connectivity index (χ0v) is 13.6. The van der Waals surface area contributed by atoms with E-state index < -0.39 is 0 Å². The van der Waals surface area contributed by atoms with E-state index in [2.05, 4.69) is 51.2 Å². The highest BCUT2D eigenvalue weighted by atomic mass is 32.2. The summed E-state index contributed by atoms with van der Waals surface area (Å²) in [6, 6.07) is 0. The van der Waals surface area contributed by atoms with Gasteiger partial charge in [-0.3, -0.25) is 4.99 Å². The smallest absolute Gasteiger partial charge is 0.156 e. The Hall–Kier alpha value is 0.170. The summed E-state index contributed by atoms with van der Waals surface area (Å²) in [5.74, 6) is 0. The van der Waals surface area contributed by atoms with Crippen LogP contribution in [0.15, 0.2) is 4.99 Å². The fraction of sp³-hybridized carbons (Fsp3) is 0.923. The predicted octanol–water partition coefficient (Wildman–Crippen LogP) is 3.63. The molecule has 1 heterocycles. The molecule has 0 radical (unpaired) electrons. The minimum Gasteiger partial charge on any atom is -0.364 e. The van der Waals surface area contributed by atoms with Crippen LogP contribution in [0.25, 0.3) is 0 Å². The third-order valence-corrected chi connectivity index (χ3v) is 5.17. The van der Waals surface area contributed by atoms with Gasteiger partial charge in [-0.05, 0) is 31.9 Å². The molecule has 0 aromatic rings. The highest BCUT2D eigenvalue weighted by Gasteiger charge is 2.26. The predicted molar refractivity (Wildman–Crippen MR) is 83.3 cm³/mol. The molecule has 0 saturated carbocycles. The minimum atomic E-state index is 0.283. The molecule has 1 N–H and O–H groups in total. The highest BCUT2D eigenvalue weighted by molar-refractivity contribution is 8.14. The molecule has 17 heavy (non-hydrogen) atoms. The van der Waals surface area contributed by atoms with Gasteiger partial charge in [-0.1, -0.05) is 32.5 Å². The molecule has 1 unspecified atom stereocenters. The first-order valence-electron chi connectivity index (χ1n) is 6.22. The largest absolute Gasteiger partial charge is 0.364 e. The highest BCUT2D eigenvalue weighted by Crippen LogP contribution is 2.31. The fourth-order valence-corrected chi connectivity index (χ4v) is 3.23. The minimum absolute atomic E-state index is 0.283. The van der Waals surface area contributed by atoms with Crippen LogP contribution < -0.4 is 5.32 Å². The molecule has 2 nitrogen and oxygen atoms in total. The third kappa shape index (κ3) is 6.05. The maximum Gasteiger partial charge on any atom is 0.156 e. The maximum absolute atomic E-state index is 4.60. The molecule has 0 bridgehead atoms. The second kappa shape index (κ2) is 5.87. The van der Waals surface area contributed by atoms with Crippen molar-refractivity contribution in [2.24, 2.45) is 10.4 Å². The quantitative estimate of drug-likeness (QED) is 0.847. The van der Waals surface area contributed by atoms with Crippen molar-refractivity contribution < 1.29 is 0 Å². The van der Waals surface area contributed by atoms with E-state index in [1.807, 2.05) is 23.5 Å². The molecule has 0 amide bonds. The van der Waals surface area contributed by atoms with E-state index in [-0.39, 0.29) is 4.75 Å². The molecule has 1 rings (SSSR count). The van der Waals surface area contributed by atoms with Crippen molar-refractivity contribution >= 4 is 28.7 Å². The maximum atomic E-state index is 4.60. The lowest BCUT2D eigenvalue weighted by molar-refractivity contribution is 0.375. The van der Waals surface area contributed by atoms with Crippen LogP contribution in [0.1, 0.15) is 41.0 Å². The average Bonchev–Trinajstić information content (AvgIpc) is 2.60. The summed E-state index contributed by atoms with van der Waals surface area (Å²) in [5, 5.41) is 5.28. The van der Waals surface area contributed by atoms with Gasteiger partial charge in [0.05, 0.1) is 6.54 Å². The first-order valence-corrected chi connectivity index (χ1v) is 8.32. The van der Waals surface area contributed by atoms with Gasteiger partial charge in [0.2, 0.25) is 0 Å². The Bertz CT molecular complexity index is 280. The molecule has 1 aliphatic heterocycles. The molecule has 100 valence electrons. The van der Waals surface area contributed by atoms with E-state index in [1.54, 1.807) is 0 Å². The first kappa shape index (κ1) is 15.2. The van der Waals surface area contributed by atoms with Crippen LogP contribution in [0.3, 0.4) is 0 Å². The molecule has 0 saturated heterocycles. The van der Waals surface area contributed by atoms with Crippen LogP contribution in [0, 0.1) is 5.41 Å². The van der Waals surface area contributed by atoms with Gasteiger partial charge in [0.25, 0.3) is 0 Å². The van der Waals surface area contributed by atoms with E-state index in [9.17, 15) is 0 Å². The summed E-state index contributed by atoms with van der Waals surface area (Å²) in [7, 11) is 0. The van der Waals surface area contributed by atoms with Crippen LogP contribution in [0.2, 0.25) is 0 Å². The van der Waals surface area contributed by atoms with Gasteiger partial charge < -0.3 is 5.32 Å². The van der Waals surface area contributed by atoms with Crippen molar-refractivity contribution in [1.29, 1.82) is 0 Å². The lowest BCUT2D eigenvalue weighted by atomic mass is 9.90. The summed E-state index contributed by atoms with van der Waals surface area (Å²) in [5.41, 5.74) is 0.404. The Morgan fingerprint density at radius 3 is 2.53 bits per heavy atom. The van der Waals surface area contributed by atoms with Crippen molar-refractivity contribution in [2.45, 2.75) is 51.0 Å². The van der Waals surface area contributed by atoms with Gasteiger partial charge in [-0.15, -0.1) is 0 Å². The number of nitrogens with zero attached hydrogens (tertiary/aromatic N) is 1. The van der Waals surface area contributed by atoms with Crippen molar-refractivity contribution in [3.63, 3.8) is 0 Å². The standard InChI is InChI=1S/C13H26N2S2/c1-12(2,3)7-10-8-14-11(17-10)15-9-13(4,5)16-6/h10H,7-9H2,1-6H3,(H,14,15). The Morgan fingerprint density at radius 2 is 2.00 bits per heavy atom. The van der Waals surface area contributed by atoms with E-state index in [0.717, 1.165) is 18.3 Å². The van der Waals surface area contributed by atoms with Crippen LogP contribution >= 0.6 is 23.5 Å². The number of aliphatic imine (C=N–C) groups is 1. The number of thioether (sulfide) groups is 2. The Balaban J connectivity index is 2.31. The van der Waals surface area contributed by atoms with E-state index in [4.69, 9.17) is 0 Å². The van der Waals surface area contributed by atoms with Crippen molar-refractivity contribution in [3.8, 4) is 0 Å². The second-order valence-corrected chi connectivity index (χ2v) is 9.27. The van der Waals surface area contributed by atoms with Crippen LogP contribution in [0.4, 0.5) is 0 Å². The normalized spacial score (nSPS) is 21.5. The molecule has 1 aliphatic rings. The topological polar surface area (TPSA) is 24.4 Å². The SMILES string of the molecule is CSC(C)(C)CNC1=NCC(CC(C)(C)C)S1. The number of rotatable bonds is 4. The summed E-state index contributed by atoms with van der Waals surface area (Å²) in [4.78, 5) is 4.60. The summed E-state index contributed by atoms with van der Waals surface area (Å²) in [6.45, 7) is 13.4. The van der Waals surface area contributed by atoms with Crippen LogP contribution in [-0.4, -0.2) is 34.5 Å². The molecule has 0 aliphatic carbocycles. The number of hydrogen-bond donors (Lipinski definition) is 1. The molecule has 0 fully saturated rings. The van der Waals surface area contributed by atoms with E-state index in [0.29, 0.717) is 10.7 Å². The van der Waals surface area contributed by atoms with Crippen molar-refractivity contribution in [1.82, 2.24) is 5.32 Å². The van der Waals surface area contributed by atoms with Gasteiger partial charge >= 0.3 is 0 Å². The number of nitrogens with one attached hydrogen (secondary N) is 1. The lowest BCUT2D eigenvalue weighted by Crippen LogP contribution is -2.34. The zero-order chi connectivity index (χ0) is 13.1. The molecular weight excluding hydrogens is 248 g/mol. The van der Waals surface area contributed by atoms with Crippen LogP contribution in [-0.2, 0) is 0 Å². The van der Waals surface area contributed by atoms with Gasteiger partial charge in [-0.25, -0.2) is 0 Å². The van der Waals surface area contributed by atoms with Crippen molar-refractivity contribution in [2.75, 3.05) is 19.3 Å². The summed E-state index contributed by atoms with van der Waals surface area (Å²) >= 11 is 3.81. The number of hydrogen-bond acceptors (Lipinski definition) is 4. The Morgan fingerprint density at radius 1 is 1.35 bits per heavy atom. The van der Waals surface area contributed by atoms with Gasteiger partial charge in [0, 0.05) is 16.5 Å². The van der Waals surface area contributed by atoms with E-state index >= 15 is 0 Å². The molecular formula is C13H26N2S2. The molecule has 0 spiro atoms. The Kier molecular flexibility index (Phi) is 5.26. The average molecular weight is 274 g/mol. The van der Waals surface area contributed by atoms with Crippen LogP contribution in [0.5, 0.6) is 0 Å². The summed E-state index contributed by atoms with van der Waals surface area (Å²) < 4.78 is 0.283. The zero-order valence-electron chi connectivity index (χ0n) is 12.0. The van der Waals surface area contributed by atoms with E-state index in [1.165, 1.54) is 6.42 Å². The molecule has 1 atom stereocenters.